The molecule has 0 saturated carbocycles. The lowest BCUT2D eigenvalue weighted by molar-refractivity contribution is -0.136. The van der Waals surface area contributed by atoms with E-state index >= 15 is 0 Å². The highest BCUT2D eigenvalue weighted by molar-refractivity contribution is 6.00. The van der Waals surface area contributed by atoms with Gasteiger partial charge in [0.2, 0.25) is 11.8 Å². The number of hydrogen-bond acceptors (Lipinski definition) is 3. The van der Waals surface area contributed by atoms with Crippen LogP contribution in [0.3, 0.4) is 0 Å². The molecule has 2 aromatic rings. The van der Waals surface area contributed by atoms with Crippen LogP contribution in [0.25, 0.3) is 0 Å². The van der Waals surface area contributed by atoms with Crippen molar-refractivity contribution in [3.05, 3.63) is 59.4 Å². The summed E-state index contributed by atoms with van der Waals surface area (Å²) in [7, 11) is 0. The first-order valence-corrected chi connectivity index (χ1v) is 9.65. The molecule has 0 spiro atoms. The summed E-state index contributed by atoms with van der Waals surface area (Å²) in [6.07, 6.45) is 0.903. The lowest BCUT2D eigenvalue weighted by Crippen LogP contribution is -2.40. The van der Waals surface area contributed by atoms with Gasteiger partial charge in [-0.15, -0.1) is 0 Å². The molecule has 0 bridgehead atoms. The zero-order valence-corrected chi connectivity index (χ0v) is 15.9. The topological polar surface area (TPSA) is 49.9 Å². The maximum atomic E-state index is 14.1. The number of fused-ring (bicyclic) bond motifs is 1. The second-order valence-corrected chi connectivity index (χ2v) is 7.23. The van der Waals surface area contributed by atoms with Crippen LogP contribution in [0.2, 0.25) is 0 Å². The molecular weight excluding hydrogens is 359 g/mol. The minimum Gasteiger partial charge on any atom is -0.494 e. The summed E-state index contributed by atoms with van der Waals surface area (Å²) >= 11 is 0. The summed E-state index contributed by atoms with van der Waals surface area (Å²) in [5.41, 5.74) is 2.55. The predicted molar refractivity (Wildman–Crippen MR) is 104 cm³/mol. The quantitative estimate of drug-likeness (QED) is 0.816. The Morgan fingerprint density at radius 1 is 1.21 bits per heavy atom. The van der Waals surface area contributed by atoms with Gasteiger partial charge in [0.25, 0.3) is 0 Å². The minimum absolute atomic E-state index is 0.0420. The molecule has 28 heavy (non-hydrogen) atoms. The molecule has 0 aromatic heterocycles. The third kappa shape index (κ3) is 3.46. The Morgan fingerprint density at radius 3 is 2.82 bits per heavy atom. The summed E-state index contributed by atoms with van der Waals surface area (Å²) in [4.78, 5) is 28.7. The number of para-hydroxylation sites is 1. The van der Waals surface area contributed by atoms with Crippen LogP contribution >= 0.6 is 0 Å². The van der Waals surface area contributed by atoms with Gasteiger partial charge >= 0.3 is 0 Å². The van der Waals surface area contributed by atoms with Crippen molar-refractivity contribution >= 4 is 17.5 Å². The normalized spacial score (nSPS) is 18.9. The third-order valence-electron chi connectivity index (χ3n) is 5.43. The van der Waals surface area contributed by atoms with Gasteiger partial charge in [0.15, 0.2) is 0 Å². The van der Waals surface area contributed by atoms with Gasteiger partial charge < -0.3 is 14.5 Å². The molecule has 2 heterocycles. The number of carbonyl (C=O) groups is 2. The minimum atomic E-state index is -0.445. The second-order valence-electron chi connectivity index (χ2n) is 7.23. The Hall–Kier alpha value is -2.89. The Morgan fingerprint density at radius 2 is 2.04 bits per heavy atom. The van der Waals surface area contributed by atoms with Gasteiger partial charge in [-0.05, 0) is 48.7 Å². The van der Waals surface area contributed by atoms with Crippen molar-refractivity contribution < 1.29 is 18.7 Å². The molecule has 1 unspecified atom stereocenters. The van der Waals surface area contributed by atoms with E-state index in [1.807, 2.05) is 19.1 Å². The van der Waals surface area contributed by atoms with Crippen LogP contribution in [-0.4, -0.2) is 36.4 Å². The van der Waals surface area contributed by atoms with Crippen LogP contribution in [0.4, 0.5) is 10.1 Å². The van der Waals surface area contributed by atoms with E-state index in [0.29, 0.717) is 19.7 Å². The zero-order valence-electron chi connectivity index (χ0n) is 15.9. The summed E-state index contributed by atoms with van der Waals surface area (Å²) in [5, 5.41) is 0. The van der Waals surface area contributed by atoms with Crippen molar-refractivity contribution in [1.29, 1.82) is 0 Å². The molecule has 2 aliphatic rings. The molecule has 2 amide bonds. The van der Waals surface area contributed by atoms with Crippen molar-refractivity contribution in [3.8, 4) is 5.75 Å². The van der Waals surface area contributed by atoms with Gasteiger partial charge in [-0.2, -0.15) is 0 Å². The van der Waals surface area contributed by atoms with E-state index in [1.54, 1.807) is 23.1 Å². The highest BCUT2D eigenvalue weighted by atomic mass is 19.1. The number of nitrogens with zero attached hydrogens (tertiary/aromatic N) is 2. The van der Waals surface area contributed by atoms with Gasteiger partial charge in [-0.25, -0.2) is 4.39 Å². The molecule has 146 valence electrons. The van der Waals surface area contributed by atoms with E-state index in [2.05, 4.69) is 6.07 Å². The molecule has 2 aromatic carbocycles. The van der Waals surface area contributed by atoms with Crippen molar-refractivity contribution in [2.75, 3.05) is 24.6 Å². The molecule has 0 aliphatic carbocycles. The van der Waals surface area contributed by atoms with Gasteiger partial charge in [0.05, 0.1) is 18.2 Å². The summed E-state index contributed by atoms with van der Waals surface area (Å²) in [5.74, 6) is -0.334. The lowest BCUT2D eigenvalue weighted by Gasteiger charge is -2.31. The summed E-state index contributed by atoms with van der Waals surface area (Å²) < 4.78 is 19.6. The van der Waals surface area contributed by atoms with E-state index < -0.39 is 11.7 Å². The van der Waals surface area contributed by atoms with E-state index in [0.717, 1.165) is 17.7 Å². The maximum Gasteiger partial charge on any atom is 0.228 e. The monoisotopic (exact) mass is 382 g/mol. The van der Waals surface area contributed by atoms with Gasteiger partial charge in [-0.3, -0.25) is 9.59 Å². The number of ether oxygens (including phenoxy) is 1. The molecule has 0 radical (unpaired) electrons. The number of anilines is 1. The standard InChI is InChI=1S/C22H23FN2O3/c1-2-28-18-8-7-15-9-10-24(13-16(15)11-18)22(27)17-12-21(26)25(14-17)20-6-4-3-5-19(20)23/h3-8,11,17H,2,9-10,12-14H2,1H3. The Kier molecular flexibility index (Phi) is 5.03. The molecule has 1 saturated heterocycles. The maximum absolute atomic E-state index is 14.1. The average molecular weight is 382 g/mol. The summed E-state index contributed by atoms with van der Waals surface area (Å²) in [6, 6.07) is 12.2. The predicted octanol–water partition coefficient (Wildman–Crippen LogP) is 3.16. The second kappa shape index (κ2) is 7.62. The Bertz CT molecular complexity index is 914. The van der Waals surface area contributed by atoms with Crippen molar-refractivity contribution in [1.82, 2.24) is 4.90 Å². The molecule has 2 aliphatic heterocycles. The Labute approximate surface area is 163 Å². The van der Waals surface area contributed by atoms with Crippen molar-refractivity contribution in [2.24, 2.45) is 5.92 Å². The number of hydrogen-bond donors (Lipinski definition) is 0. The smallest absolute Gasteiger partial charge is 0.228 e. The molecule has 6 heteroatoms. The molecule has 1 fully saturated rings. The van der Waals surface area contributed by atoms with Crippen molar-refractivity contribution in [2.45, 2.75) is 26.3 Å². The fraction of sp³-hybridized carbons (Fsp3) is 0.364. The molecule has 1 atom stereocenters. The average Bonchev–Trinajstić information content (AvgIpc) is 3.09. The zero-order chi connectivity index (χ0) is 19.7. The first-order valence-electron chi connectivity index (χ1n) is 9.65. The number of carbonyl (C=O) groups excluding carboxylic acids is 2. The van der Waals surface area contributed by atoms with Crippen LogP contribution in [0, 0.1) is 11.7 Å². The number of rotatable bonds is 4. The number of benzene rings is 2. The van der Waals surface area contributed by atoms with E-state index in [1.165, 1.54) is 16.5 Å². The molecule has 5 nitrogen and oxygen atoms in total. The van der Waals surface area contributed by atoms with Gasteiger partial charge in [0.1, 0.15) is 11.6 Å². The Balaban J connectivity index is 1.48. The summed E-state index contributed by atoms with van der Waals surface area (Å²) in [6.45, 7) is 3.90. The SMILES string of the molecule is CCOc1ccc2c(c1)CN(C(=O)C1CC(=O)N(c3ccccc3F)C1)CC2. The highest BCUT2D eigenvalue weighted by Gasteiger charge is 2.38. The van der Waals surface area contributed by atoms with E-state index in [-0.39, 0.29) is 30.5 Å². The van der Waals surface area contributed by atoms with Crippen LogP contribution < -0.4 is 9.64 Å². The van der Waals surface area contributed by atoms with Crippen LogP contribution in [0.5, 0.6) is 5.75 Å². The van der Waals surface area contributed by atoms with Gasteiger partial charge in [0, 0.05) is 26.1 Å². The largest absolute Gasteiger partial charge is 0.494 e. The van der Waals surface area contributed by atoms with Crippen LogP contribution in [0.15, 0.2) is 42.5 Å². The van der Waals surface area contributed by atoms with Gasteiger partial charge in [-0.1, -0.05) is 18.2 Å². The lowest BCUT2D eigenvalue weighted by atomic mass is 9.97. The van der Waals surface area contributed by atoms with Crippen LogP contribution in [0.1, 0.15) is 24.5 Å². The molecule has 4 rings (SSSR count). The van der Waals surface area contributed by atoms with Crippen molar-refractivity contribution in [3.63, 3.8) is 0 Å². The third-order valence-corrected chi connectivity index (χ3v) is 5.43. The van der Waals surface area contributed by atoms with Crippen LogP contribution in [-0.2, 0) is 22.6 Å². The first-order chi connectivity index (χ1) is 13.6. The van der Waals surface area contributed by atoms with E-state index in [4.69, 9.17) is 4.74 Å². The number of halogens is 1. The first kappa shape index (κ1) is 18.5. The fourth-order valence-electron chi connectivity index (χ4n) is 4.01. The fourth-order valence-corrected chi connectivity index (χ4v) is 4.01. The molecular formula is C22H23FN2O3. The highest BCUT2D eigenvalue weighted by Crippen LogP contribution is 2.30. The molecule has 0 N–H and O–H groups in total. The van der Waals surface area contributed by atoms with E-state index in [9.17, 15) is 14.0 Å². The number of amides is 2.